The standard InChI is InChI=1S/C20H22ClN3O4/c1-28-18-7-4-15(21)12-17(18)22-19(25)13-23-8-10-24(11-9-23)16-5-2-14(3-6-16)20(26)27/h2-7,12H,8-11,13H2,1H3,(H,22,25)(H,26,27). The predicted molar refractivity (Wildman–Crippen MR) is 109 cm³/mol. The van der Waals surface area contributed by atoms with Gasteiger partial charge in [-0.05, 0) is 42.5 Å². The summed E-state index contributed by atoms with van der Waals surface area (Å²) in [5, 5.41) is 12.4. The molecule has 1 aliphatic heterocycles. The first-order valence-corrected chi connectivity index (χ1v) is 9.28. The number of hydrogen-bond donors (Lipinski definition) is 2. The number of halogens is 1. The highest BCUT2D eigenvalue weighted by Crippen LogP contribution is 2.27. The van der Waals surface area contributed by atoms with E-state index in [1.54, 1.807) is 37.4 Å². The summed E-state index contributed by atoms with van der Waals surface area (Å²) in [6.45, 7) is 3.28. The quantitative estimate of drug-likeness (QED) is 0.771. The van der Waals surface area contributed by atoms with E-state index < -0.39 is 5.97 Å². The van der Waals surface area contributed by atoms with Crippen molar-refractivity contribution < 1.29 is 19.4 Å². The molecule has 0 unspecified atom stereocenters. The second kappa shape index (κ2) is 8.95. The molecule has 28 heavy (non-hydrogen) atoms. The molecule has 0 spiro atoms. The molecular weight excluding hydrogens is 382 g/mol. The van der Waals surface area contributed by atoms with Gasteiger partial charge in [-0.25, -0.2) is 4.79 Å². The lowest BCUT2D eigenvalue weighted by atomic mass is 10.2. The van der Waals surface area contributed by atoms with E-state index in [0.717, 1.165) is 31.9 Å². The number of piperazine rings is 1. The number of nitrogens with one attached hydrogen (secondary N) is 1. The Morgan fingerprint density at radius 2 is 1.79 bits per heavy atom. The summed E-state index contributed by atoms with van der Waals surface area (Å²) in [4.78, 5) is 27.6. The van der Waals surface area contributed by atoms with Gasteiger partial charge in [0.15, 0.2) is 0 Å². The highest BCUT2D eigenvalue weighted by molar-refractivity contribution is 6.31. The maximum atomic E-state index is 12.4. The number of hydrogen-bond acceptors (Lipinski definition) is 5. The third-order valence-electron chi connectivity index (χ3n) is 4.65. The van der Waals surface area contributed by atoms with Gasteiger partial charge in [-0.1, -0.05) is 11.6 Å². The lowest BCUT2D eigenvalue weighted by molar-refractivity contribution is -0.117. The predicted octanol–water partition coefficient (Wildman–Crippen LogP) is 2.81. The molecule has 0 atom stereocenters. The highest BCUT2D eigenvalue weighted by Gasteiger charge is 2.20. The molecule has 2 aromatic rings. The Bertz CT molecular complexity index is 849. The summed E-state index contributed by atoms with van der Waals surface area (Å²) in [5.74, 6) is -0.495. The Labute approximate surface area is 168 Å². The fourth-order valence-electron chi connectivity index (χ4n) is 3.15. The zero-order chi connectivity index (χ0) is 20.1. The fraction of sp³-hybridized carbons (Fsp3) is 0.300. The van der Waals surface area contributed by atoms with E-state index in [1.807, 2.05) is 12.1 Å². The van der Waals surface area contributed by atoms with Crippen LogP contribution in [0, 0.1) is 0 Å². The monoisotopic (exact) mass is 403 g/mol. The molecule has 148 valence electrons. The van der Waals surface area contributed by atoms with E-state index in [0.29, 0.717) is 16.5 Å². The lowest BCUT2D eigenvalue weighted by Crippen LogP contribution is -2.48. The van der Waals surface area contributed by atoms with Crippen molar-refractivity contribution in [3.8, 4) is 5.75 Å². The number of carboxylic acid groups (broad SMARTS) is 1. The number of benzene rings is 2. The summed E-state index contributed by atoms with van der Waals surface area (Å²) < 4.78 is 5.25. The third kappa shape index (κ3) is 4.94. The number of carbonyl (C=O) groups excluding carboxylic acids is 1. The third-order valence-corrected chi connectivity index (χ3v) is 4.89. The normalized spacial score (nSPS) is 14.6. The number of anilines is 2. The van der Waals surface area contributed by atoms with Crippen LogP contribution in [0.1, 0.15) is 10.4 Å². The number of carboxylic acids is 1. The summed E-state index contributed by atoms with van der Waals surface area (Å²) in [6, 6.07) is 11.9. The molecule has 8 heteroatoms. The topological polar surface area (TPSA) is 82.1 Å². The van der Waals surface area contributed by atoms with Crippen LogP contribution in [0.25, 0.3) is 0 Å². The van der Waals surface area contributed by atoms with Crippen molar-refractivity contribution in [2.45, 2.75) is 0 Å². The van der Waals surface area contributed by atoms with E-state index in [1.165, 1.54) is 0 Å². The van der Waals surface area contributed by atoms with Gasteiger partial charge >= 0.3 is 5.97 Å². The number of nitrogens with zero attached hydrogens (tertiary/aromatic N) is 2. The van der Waals surface area contributed by atoms with Crippen molar-refractivity contribution in [2.24, 2.45) is 0 Å². The molecule has 0 saturated carbocycles. The molecule has 0 aliphatic carbocycles. The van der Waals surface area contributed by atoms with Gasteiger partial charge < -0.3 is 20.1 Å². The smallest absolute Gasteiger partial charge is 0.335 e. The summed E-state index contributed by atoms with van der Waals surface area (Å²) >= 11 is 6.00. The van der Waals surface area contributed by atoms with Gasteiger partial charge in [0.1, 0.15) is 5.75 Å². The van der Waals surface area contributed by atoms with Gasteiger partial charge in [-0.2, -0.15) is 0 Å². The van der Waals surface area contributed by atoms with Crippen LogP contribution in [0.15, 0.2) is 42.5 Å². The lowest BCUT2D eigenvalue weighted by Gasteiger charge is -2.35. The molecule has 0 radical (unpaired) electrons. The Morgan fingerprint density at radius 1 is 1.11 bits per heavy atom. The van der Waals surface area contributed by atoms with Gasteiger partial charge in [-0.15, -0.1) is 0 Å². The van der Waals surface area contributed by atoms with E-state index >= 15 is 0 Å². The molecule has 3 rings (SSSR count). The summed E-state index contributed by atoms with van der Waals surface area (Å²) in [7, 11) is 1.54. The maximum absolute atomic E-state index is 12.4. The summed E-state index contributed by atoms with van der Waals surface area (Å²) in [6.07, 6.45) is 0. The molecule has 2 aromatic carbocycles. The van der Waals surface area contributed by atoms with Crippen LogP contribution < -0.4 is 15.0 Å². The second-order valence-corrected chi connectivity index (χ2v) is 6.94. The van der Waals surface area contributed by atoms with E-state index in [2.05, 4.69) is 15.1 Å². The van der Waals surface area contributed by atoms with Gasteiger partial charge in [0.05, 0.1) is 24.9 Å². The minimum absolute atomic E-state index is 0.125. The van der Waals surface area contributed by atoms with Gasteiger partial charge in [0.25, 0.3) is 0 Å². The number of ether oxygens (including phenoxy) is 1. The maximum Gasteiger partial charge on any atom is 0.335 e. The average Bonchev–Trinajstić information content (AvgIpc) is 2.69. The van der Waals surface area contributed by atoms with Crippen LogP contribution in [0.5, 0.6) is 5.75 Å². The number of aromatic carboxylic acids is 1. The van der Waals surface area contributed by atoms with Crippen LogP contribution in [-0.4, -0.2) is 61.7 Å². The Hall–Kier alpha value is -2.77. The van der Waals surface area contributed by atoms with Crippen LogP contribution >= 0.6 is 11.6 Å². The zero-order valence-corrected chi connectivity index (χ0v) is 16.3. The Balaban J connectivity index is 1.52. The molecule has 1 amide bonds. The molecule has 0 bridgehead atoms. The Kier molecular flexibility index (Phi) is 6.38. The molecule has 1 aliphatic rings. The van der Waals surface area contributed by atoms with Crippen molar-refractivity contribution >= 4 is 34.9 Å². The molecule has 1 heterocycles. The minimum Gasteiger partial charge on any atom is -0.495 e. The first kappa shape index (κ1) is 20.0. The average molecular weight is 404 g/mol. The minimum atomic E-state index is -0.932. The molecule has 0 aromatic heterocycles. The first-order chi connectivity index (χ1) is 13.5. The largest absolute Gasteiger partial charge is 0.495 e. The SMILES string of the molecule is COc1ccc(Cl)cc1NC(=O)CN1CCN(c2ccc(C(=O)O)cc2)CC1. The fourth-order valence-corrected chi connectivity index (χ4v) is 3.32. The molecule has 2 N–H and O–H groups in total. The van der Waals surface area contributed by atoms with Crippen molar-refractivity contribution in [1.82, 2.24) is 4.90 Å². The molecule has 7 nitrogen and oxygen atoms in total. The van der Waals surface area contributed by atoms with Crippen LogP contribution in [0.4, 0.5) is 11.4 Å². The highest BCUT2D eigenvalue weighted by atomic mass is 35.5. The van der Waals surface area contributed by atoms with Crippen molar-refractivity contribution in [3.05, 3.63) is 53.1 Å². The van der Waals surface area contributed by atoms with Crippen LogP contribution in [0.2, 0.25) is 5.02 Å². The van der Waals surface area contributed by atoms with Crippen molar-refractivity contribution in [3.63, 3.8) is 0 Å². The number of amides is 1. The van der Waals surface area contributed by atoms with Crippen molar-refractivity contribution in [2.75, 3.05) is 50.1 Å². The molecule has 1 saturated heterocycles. The van der Waals surface area contributed by atoms with E-state index in [4.69, 9.17) is 21.4 Å². The molecule has 1 fully saturated rings. The van der Waals surface area contributed by atoms with E-state index in [-0.39, 0.29) is 18.0 Å². The second-order valence-electron chi connectivity index (χ2n) is 6.51. The van der Waals surface area contributed by atoms with Gasteiger partial charge in [0, 0.05) is 36.9 Å². The first-order valence-electron chi connectivity index (χ1n) is 8.90. The van der Waals surface area contributed by atoms with Gasteiger partial charge in [0.2, 0.25) is 5.91 Å². The van der Waals surface area contributed by atoms with E-state index in [9.17, 15) is 9.59 Å². The summed E-state index contributed by atoms with van der Waals surface area (Å²) in [5.41, 5.74) is 1.81. The van der Waals surface area contributed by atoms with Crippen molar-refractivity contribution in [1.29, 1.82) is 0 Å². The van der Waals surface area contributed by atoms with Crippen LogP contribution in [-0.2, 0) is 4.79 Å². The number of rotatable bonds is 6. The van der Waals surface area contributed by atoms with Gasteiger partial charge in [-0.3, -0.25) is 9.69 Å². The van der Waals surface area contributed by atoms with Crippen LogP contribution in [0.3, 0.4) is 0 Å². The molecular formula is C20H22ClN3O4. The zero-order valence-electron chi connectivity index (χ0n) is 15.5. The number of methoxy groups -OCH3 is 1. The number of carbonyl (C=O) groups is 2. The Morgan fingerprint density at radius 3 is 2.39 bits per heavy atom.